The molecule has 0 aliphatic heterocycles. The molecule has 2 rings (SSSR count). The standard InChI is InChI=1S/C13H15BrFN3O/c1-9(12-6-10(14)2-3-13(12)15)17-11-7-16-18(8-11)4-5-19/h2-3,6-9,17,19H,4-5H2,1H3. The maximum Gasteiger partial charge on any atom is 0.128 e. The largest absolute Gasteiger partial charge is 0.394 e. The lowest BCUT2D eigenvalue weighted by Crippen LogP contribution is -2.08. The number of anilines is 1. The normalized spacial score (nSPS) is 12.4. The van der Waals surface area contributed by atoms with E-state index in [9.17, 15) is 4.39 Å². The van der Waals surface area contributed by atoms with Crippen molar-refractivity contribution in [3.05, 3.63) is 46.4 Å². The van der Waals surface area contributed by atoms with Gasteiger partial charge in [-0.15, -0.1) is 0 Å². The van der Waals surface area contributed by atoms with E-state index in [2.05, 4.69) is 26.3 Å². The van der Waals surface area contributed by atoms with Crippen LogP contribution in [-0.2, 0) is 6.54 Å². The van der Waals surface area contributed by atoms with Gasteiger partial charge in [-0.2, -0.15) is 5.10 Å². The van der Waals surface area contributed by atoms with E-state index in [1.165, 1.54) is 6.07 Å². The SMILES string of the molecule is CC(Nc1cnn(CCO)c1)c1cc(Br)ccc1F. The molecule has 0 amide bonds. The molecule has 2 aromatic rings. The van der Waals surface area contributed by atoms with Gasteiger partial charge in [-0.1, -0.05) is 15.9 Å². The summed E-state index contributed by atoms with van der Waals surface area (Å²) in [4.78, 5) is 0. The van der Waals surface area contributed by atoms with Gasteiger partial charge in [0.1, 0.15) is 5.82 Å². The van der Waals surface area contributed by atoms with Crippen LogP contribution in [0.4, 0.5) is 10.1 Å². The molecule has 1 atom stereocenters. The number of rotatable bonds is 5. The van der Waals surface area contributed by atoms with E-state index in [0.717, 1.165) is 10.2 Å². The van der Waals surface area contributed by atoms with E-state index < -0.39 is 0 Å². The molecule has 0 aliphatic carbocycles. The zero-order valence-electron chi connectivity index (χ0n) is 10.5. The molecule has 0 aliphatic rings. The summed E-state index contributed by atoms with van der Waals surface area (Å²) >= 11 is 3.34. The fourth-order valence-corrected chi connectivity index (χ4v) is 2.22. The number of nitrogens with zero attached hydrogens (tertiary/aromatic N) is 2. The molecule has 1 unspecified atom stereocenters. The molecule has 19 heavy (non-hydrogen) atoms. The zero-order chi connectivity index (χ0) is 13.8. The second kappa shape index (κ2) is 6.16. The highest BCUT2D eigenvalue weighted by molar-refractivity contribution is 9.10. The third-order valence-corrected chi connectivity index (χ3v) is 3.26. The Morgan fingerprint density at radius 2 is 2.32 bits per heavy atom. The minimum atomic E-state index is -0.244. The van der Waals surface area contributed by atoms with Crippen molar-refractivity contribution in [1.29, 1.82) is 0 Å². The van der Waals surface area contributed by atoms with Crippen LogP contribution in [0.1, 0.15) is 18.5 Å². The number of hydrogen-bond acceptors (Lipinski definition) is 3. The maximum atomic E-state index is 13.7. The van der Waals surface area contributed by atoms with Crippen LogP contribution in [0.5, 0.6) is 0 Å². The molecule has 0 bridgehead atoms. The summed E-state index contributed by atoms with van der Waals surface area (Å²) in [6.07, 6.45) is 3.44. The van der Waals surface area contributed by atoms with Crippen molar-refractivity contribution in [3.8, 4) is 0 Å². The lowest BCUT2D eigenvalue weighted by Gasteiger charge is -2.15. The van der Waals surface area contributed by atoms with Gasteiger partial charge in [-0.25, -0.2) is 4.39 Å². The van der Waals surface area contributed by atoms with E-state index >= 15 is 0 Å². The molecule has 0 radical (unpaired) electrons. The second-order valence-corrected chi connectivity index (χ2v) is 5.16. The predicted molar refractivity (Wildman–Crippen MR) is 75.5 cm³/mol. The van der Waals surface area contributed by atoms with Gasteiger partial charge >= 0.3 is 0 Å². The number of aliphatic hydroxyl groups excluding tert-OH is 1. The lowest BCUT2D eigenvalue weighted by molar-refractivity contribution is 0.269. The molecule has 1 aromatic carbocycles. The van der Waals surface area contributed by atoms with Crippen molar-refractivity contribution in [3.63, 3.8) is 0 Å². The maximum absolute atomic E-state index is 13.7. The summed E-state index contributed by atoms with van der Waals surface area (Å²) in [5, 5.41) is 16.1. The van der Waals surface area contributed by atoms with Crippen LogP contribution in [0, 0.1) is 5.82 Å². The van der Waals surface area contributed by atoms with Gasteiger partial charge in [0.2, 0.25) is 0 Å². The minimum absolute atomic E-state index is 0.0386. The molecule has 1 aromatic heterocycles. The quantitative estimate of drug-likeness (QED) is 0.887. The summed E-state index contributed by atoms with van der Waals surface area (Å²) in [6, 6.07) is 4.69. The lowest BCUT2D eigenvalue weighted by atomic mass is 10.1. The minimum Gasteiger partial charge on any atom is -0.394 e. The first-order valence-electron chi connectivity index (χ1n) is 5.95. The fourth-order valence-electron chi connectivity index (χ4n) is 1.84. The summed E-state index contributed by atoms with van der Waals surface area (Å²) in [5.74, 6) is -0.244. The Hall–Kier alpha value is -1.40. The Bertz CT molecular complexity index is 559. The van der Waals surface area contributed by atoms with Crippen molar-refractivity contribution in [2.75, 3.05) is 11.9 Å². The van der Waals surface area contributed by atoms with Crippen LogP contribution in [0.25, 0.3) is 0 Å². The number of halogens is 2. The average Bonchev–Trinajstić information content (AvgIpc) is 2.80. The van der Waals surface area contributed by atoms with Crippen LogP contribution in [0.3, 0.4) is 0 Å². The molecule has 0 saturated heterocycles. The molecular weight excluding hydrogens is 313 g/mol. The topological polar surface area (TPSA) is 50.1 Å². The van der Waals surface area contributed by atoms with Gasteiger partial charge < -0.3 is 10.4 Å². The van der Waals surface area contributed by atoms with Crippen LogP contribution < -0.4 is 5.32 Å². The summed E-state index contributed by atoms with van der Waals surface area (Å²) in [5.41, 5.74) is 1.38. The van der Waals surface area contributed by atoms with Gasteiger partial charge in [0, 0.05) is 16.2 Å². The third-order valence-electron chi connectivity index (χ3n) is 2.77. The fraction of sp³-hybridized carbons (Fsp3) is 0.308. The van der Waals surface area contributed by atoms with Crippen LogP contribution >= 0.6 is 15.9 Å². The highest BCUT2D eigenvalue weighted by Gasteiger charge is 2.12. The average molecular weight is 328 g/mol. The first kappa shape index (κ1) is 14.0. The molecule has 0 spiro atoms. The first-order chi connectivity index (χ1) is 9.10. The Morgan fingerprint density at radius 3 is 3.05 bits per heavy atom. The summed E-state index contributed by atoms with van der Waals surface area (Å²) in [6.45, 7) is 2.37. The van der Waals surface area contributed by atoms with Crippen molar-refractivity contribution in [2.45, 2.75) is 19.5 Å². The van der Waals surface area contributed by atoms with E-state index in [-0.39, 0.29) is 18.5 Å². The van der Waals surface area contributed by atoms with Gasteiger partial charge in [0.05, 0.1) is 31.1 Å². The number of nitrogens with one attached hydrogen (secondary N) is 1. The first-order valence-corrected chi connectivity index (χ1v) is 6.74. The molecule has 2 N–H and O–H groups in total. The van der Waals surface area contributed by atoms with Crippen LogP contribution in [-0.4, -0.2) is 21.5 Å². The second-order valence-electron chi connectivity index (χ2n) is 4.25. The number of aliphatic hydroxyl groups is 1. The number of benzene rings is 1. The summed E-state index contributed by atoms with van der Waals surface area (Å²) in [7, 11) is 0. The molecule has 0 saturated carbocycles. The van der Waals surface area contributed by atoms with E-state index in [1.807, 2.05) is 6.92 Å². The van der Waals surface area contributed by atoms with E-state index in [0.29, 0.717) is 12.1 Å². The Balaban J connectivity index is 2.11. The molecule has 0 fully saturated rings. The Labute approximate surface area is 119 Å². The van der Waals surface area contributed by atoms with Gasteiger partial charge in [-0.05, 0) is 25.1 Å². The van der Waals surface area contributed by atoms with E-state index in [1.54, 1.807) is 29.2 Å². The highest BCUT2D eigenvalue weighted by atomic mass is 79.9. The van der Waals surface area contributed by atoms with Crippen molar-refractivity contribution in [2.24, 2.45) is 0 Å². The van der Waals surface area contributed by atoms with Crippen LogP contribution in [0.2, 0.25) is 0 Å². The summed E-state index contributed by atoms with van der Waals surface area (Å²) < 4.78 is 16.2. The molecule has 4 nitrogen and oxygen atoms in total. The van der Waals surface area contributed by atoms with Gasteiger partial charge in [-0.3, -0.25) is 4.68 Å². The Kier molecular flexibility index (Phi) is 4.55. The third kappa shape index (κ3) is 3.54. The number of hydrogen-bond donors (Lipinski definition) is 2. The predicted octanol–water partition coefficient (Wildman–Crippen LogP) is 2.95. The number of aromatic nitrogens is 2. The van der Waals surface area contributed by atoms with Gasteiger partial charge in [0.25, 0.3) is 0 Å². The smallest absolute Gasteiger partial charge is 0.128 e. The highest BCUT2D eigenvalue weighted by Crippen LogP contribution is 2.24. The molecular formula is C13H15BrFN3O. The monoisotopic (exact) mass is 327 g/mol. The zero-order valence-corrected chi connectivity index (χ0v) is 12.1. The molecule has 1 heterocycles. The Morgan fingerprint density at radius 1 is 1.53 bits per heavy atom. The van der Waals surface area contributed by atoms with E-state index in [4.69, 9.17) is 5.11 Å². The van der Waals surface area contributed by atoms with Crippen molar-refractivity contribution >= 4 is 21.6 Å². The van der Waals surface area contributed by atoms with Crippen molar-refractivity contribution in [1.82, 2.24) is 9.78 Å². The van der Waals surface area contributed by atoms with Crippen molar-refractivity contribution < 1.29 is 9.50 Å². The van der Waals surface area contributed by atoms with Gasteiger partial charge in [0.15, 0.2) is 0 Å². The molecule has 102 valence electrons. The van der Waals surface area contributed by atoms with Crippen LogP contribution in [0.15, 0.2) is 35.1 Å². The molecule has 6 heteroatoms.